The van der Waals surface area contributed by atoms with Crippen LogP contribution in [-0.2, 0) is 9.53 Å². The molecule has 4 aliphatic rings. The number of esters is 1. The Labute approximate surface area is 183 Å². The molecule has 3 saturated carbocycles. The van der Waals surface area contributed by atoms with Crippen molar-refractivity contribution in [1.82, 2.24) is 0 Å². The maximum atomic E-state index is 12.5. The molecule has 0 amide bonds. The number of hydrogen-bond acceptors (Lipinski definition) is 3. The van der Waals surface area contributed by atoms with Crippen molar-refractivity contribution in [3.05, 3.63) is 24.3 Å². The first kappa shape index (κ1) is 22.1. The van der Waals surface area contributed by atoms with Gasteiger partial charge in [0.25, 0.3) is 0 Å². The second-order valence-corrected chi connectivity index (χ2v) is 12.3. The lowest BCUT2D eigenvalue weighted by atomic mass is 9.44. The number of allylic oxidation sites excluding steroid dienone is 2. The summed E-state index contributed by atoms with van der Waals surface area (Å²) in [5, 5.41) is 10.8. The van der Waals surface area contributed by atoms with E-state index in [1.165, 1.54) is 18.4 Å². The number of aliphatic hydroxyl groups is 1. The number of carbonyl (C=O) groups excluding carboxylic acids is 1. The van der Waals surface area contributed by atoms with Gasteiger partial charge in [-0.3, -0.25) is 4.79 Å². The minimum absolute atomic E-state index is 0.0807. The van der Waals surface area contributed by atoms with Crippen LogP contribution in [0.25, 0.3) is 0 Å². The molecule has 4 aliphatic carbocycles. The van der Waals surface area contributed by atoms with E-state index in [9.17, 15) is 9.90 Å². The maximum absolute atomic E-state index is 12.5. The first-order chi connectivity index (χ1) is 14.0. The summed E-state index contributed by atoms with van der Waals surface area (Å²) < 4.78 is 5.91. The van der Waals surface area contributed by atoms with Crippen LogP contribution in [0, 0.1) is 39.9 Å². The normalized spacial score (nSPS) is 45.6. The predicted molar refractivity (Wildman–Crippen MR) is 121 cm³/mol. The van der Waals surface area contributed by atoms with Gasteiger partial charge in [0.05, 0.1) is 11.5 Å². The van der Waals surface area contributed by atoms with Crippen molar-refractivity contribution in [3.8, 4) is 0 Å². The van der Waals surface area contributed by atoms with Gasteiger partial charge in [-0.15, -0.1) is 6.58 Å². The Balaban J connectivity index is 1.64. The van der Waals surface area contributed by atoms with E-state index in [-0.39, 0.29) is 29.0 Å². The Kier molecular flexibility index (Phi) is 5.53. The van der Waals surface area contributed by atoms with Gasteiger partial charge >= 0.3 is 5.97 Å². The van der Waals surface area contributed by atoms with Crippen LogP contribution >= 0.6 is 0 Å². The molecule has 0 radical (unpaired) electrons. The fourth-order valence-electron chi connectivity index (χ4n) is 7.67. The summed E-state index contributed by atoms with van der Waals surface area (Å²) in [4.78, 5) is 12.5. The van der Waals surface area contributed by atoms with E-state index in [1.54, 1.807) is 0 Å². The van der Waals surface area contributed by atoms with Crippen molar-refractivity contribution in [2.75, 3.05) is 0 Å². The second-order valence-electron chi connectivity index (χ2n) is 12.3. The van der Waals surface area contributed by atoms with E-state index in [1.807, 2.05) is 20.8 Å². The molecule has 1 N–H and O–H groups in total. The number of hydrogen-bond donors (Lipinski definition) is 1. The monoisotopic (exact) mass is 414 g/mol. The summed E-state index contributed by atoms with van der Waals surface area (Å²) in [6.45, 7) is 14.7. The molecule has 168 valence electrons. The van der Waals surface area contributed by atoms with Crippen LogP contribution in [-0.4, -0.2) is 23.3 Å². The summed E-state index contributed by atoms with van der Waals surface area (Å²) >= 11 is 0. The minimum Gasteiger partial charge on any atom is -0.458 e. The van der Waals surface area contributed by atoms with Crippen LogP contribution in [0.5, 0.6) is 0 Å². The lowest BCUT2D eigenvalue weighted by molar-refractivity contribution is -0.158. The minimum atomic E-state index is -0.459. The van der Waals surface area contributed by atoms with Crippen LogP contribution in [0.4, 0.5) is 0 Å². The zero-order valence-electron chi connectivity index (χ0n) is 19.7. The molecular formula is C27H42O3. The second kappa shape index (κ2) is 7.50. The van der Waals surface area contributed by atoms with Crippen molar-refractivity contribution in [3.63, 3.8) is 0 Å². The number of ether oxygens (including phenoxy) is 1. The Hall–Kier alpha value is -1.09. The molecule has 3 heteroatoms. The van der Waals surface area contributed by atoms with Gasteiger partial charge in [-0.25, -0.2) is 0 Å². The first-order valence-corrected chi connectivity index (χ1v) is 12.2. The molecular weight excluding hydrogens is 372 g/mol. The van der Waals surface area contributed by atoms with E-state index in [2.05, 4.69) is 32.6 Å². The predicted octanol–water partition coefficient (Wildman–Crippen LogP) is 6.07. The summed E-state index contributed by atoms with van der Waals surface area (Å²) in [6, 6.07) is 0. The van der Waals surface area contributed by atoms with Gasteiger partial charge < -0.3 is 9.84 Å². The highest BCUT2D eigenvalue weighted by molar-refractivity contribution is 5.75. The summed E-state index contributed by atoms with van der Waals surface area (Å²) in [7, 11) is 0. The molecule has 0 aromatic carbocycles. The number of carbonyl (C=O) groups is 1. The third-order valence-electron chi connectivity index (χ3n) is 9.54. The van der Waals surface area contributed by atoms with E-state index >= 15 is 0 Å². The van der Waals surface area contributed by atoms with E-state index in [0.29, 0.717) is 23.7 Å². The fraction of sp³-hybridized carbons (Fsp3) is 0.815. The Morgan fingerprint density at radius 2 is 1.93 bits per heavy atom. The molecule has 30 heavy (non-hydrogen) atoms. The lowest BCUT2D eigenvalue weighted by Gasteiger charge is -2.60. The summed E-state index contributed by atoms with van der Waals surface area (Å²) in [5.41, 5.74) is 1.37. The Morgan fingerprint density at radius 3 is 2.60 bits per heavy atom. The molecule has 4 rings (SSSR count). The molecule has 0 bridgehead atoms. The zero-order chi connectivity index (χ0) is 21.9. The quantitative estimate of drug-likeness (QED) is 0.450. The van der Waals surface area contributed by atoms with Gasteiger partial charge in [0.15, 0.2) is 0 Å². The molecule has 0 aromatic rings. The van der Waals surface area contributed by atoms with Crippen molar-refractivity contribution in [1.29, 1.82) is 0 Å². The standard InChI is InChI=1S/C27H42O3/c1-7-8-17-15-18-16-19(30-24(29)25(2,3)4)11-13-26(18,5)21-12-14-27(6)20(23(17)21)9-10-22(27)28/h7,16-17,19-23,28H,1,8-15H2,2-6H3/t17-,19+,20?,21?,22+,23?,26+,27+/m1/s1. The van der Waals surface area contributed by atoms with Gasteiger partial charge in [0.1, 0.15) is 6.10 Å². The van der Waals surface area contributed by atoms with Gasteiger partial charge in [0, 0.05) is 0 Å². The fourth-order valence-corrected chi connectivity index (χ4v) is 7.67. The van der Waals surface area contributed by atoms with Gasteiger partial charge in [-0.05, 0) is 113 Å². The van der Waals surface area contributed by atoms with Crippen molar-refractivity contribution >= 4 is 5.97 Å². The van der Waals surface area contributed by atoms with Crippen LogP contribution in [0.1, 0.15) is 86.0 Å². The van der Waals surface area contributed by atoms with Crippen LogP contribution in [0.15, 0.2) is 24.3 Å². The van der Waals surface area contributed by atoms with Gasteiger partial charge in [-0.1, -0.05) is 25.5 Å². The maximum Gasteiger partial charge on any atom is 0.311 e. The molecule has 3 fully saturated rings. The third kappa shape index (κ3) is 3.40. The van der Waals surface area contributed by atoms with Crippen molar-refractivity contribution in [2.45, 2.75) is 98.2 Å². The summed E-state index contributed by atoms with van der Waals surface area (Å²) in [6.07, 6.45) is 12.9. The zero-order valence-corrected chi connectivity index (χ0v) is 19.7. The van der Waals surface area contributed by atoms with Gasteiger partial charge in [-0.2, -0.15) is 0 Å². The topological polar surface area (TPSA) is 46.5 Å². The van der Waals surface area contributed by atoms with Gasteiger partial charge in [0.2, 0.25) is 0 Å². The molecule has 0 saturated heterocycles. The van der Waals surface area contributed by atoms with E-state index < -0.39 is 5.41 Å². The summed E-state index contributed by atoms with van der Waals surface area (Å²) in [5.74, 6) is 2.47. The molecule has 8 atom stereocenters. The number of fused-ring (bicyclic) bond motifs is 5. The smallest absolute Gasteiger partial charge is 0.311 e. The third-order valence-corrected chi connectivity index (χ3v) is 9.54. The largest absolute Gasteiger partial charge is 0.458 e. The Bertz CT molecular complexity index is 731. The lowest BCUT2D eigenvalue weighted by Crippen LogP contribution is -2.54. The SMILES string of the molecule is C=CC[C@@H]1CC2=C[C@@H](OC(=O)C(C)(C)C)CC[C@]2(C)C2CC[C@@]3(C)C(CC[C@@H]3O)C21. The molecule has 0 aromatic heterocycles. The Morgan fingerprint density at radius 1 is 1.20 bits per heavy atom. The van der Waals surface area contributed by atoms with Crippen LogP contribution in [0.3, 0.4) is 0 Å². The molecule has 0 aliphatic heterocycles. The molecule has 0 spiro atoms. The van der Waals surface area contributed by atoms with Crippen molar-refractivity contribution in [2.24, 2.45) is 39.9 Å². The van der Waals surface area contributed by atoms with Crippen molar-refractivity contribution < 1.29 is 14.6 Å². The van der Waals surface area contributed by atoms with E-state index in [4.69, 9.17) is 4.74 Å². The highest BCUT2D eigenvalue weighted by Crippen LogP contribution is 2.67. The van der Waals surface area contributed by atoms with Crippen LogP contribution in [0.2, 0.25) is 0 Å². The number of rotatable bonds is 3. The molecule has 3 nitrogen and oxygen atoms in total. The number of aliphatic hydroxyl groups excluding tert-OH is 1. The highest BCUT2D eigenvalue weighted by Gasteiger charge is 2.61. The van der Waals surface area contributed by atoms with Crippen LogP contribution < -0.4 is 0 Å². The van der Waals surface area contributed by atoms with E-state index in [0.717, 1.165) is 38.5 Å². The molecule has 3 unspecified atom stereocenters. The molecule has 0 heterocycles. The average Bonchev–Trinajstić information content (AvgIpc) is 2.97. The first-order valence-electron chi connectivity index (χ1n) is 12.2. The average molecular weight is 415 g/mol. The highest BCUT2D eigenvalue weighted by atomic mass is 16.5.